The van der Waals surface area contributed by atoms with E-state index in [4.69, 9.17) is 14.2 Å². The third-order valence-electron chi connectivity index (χ3n) is 4.59. The lowest BCUT2D eigenvalue weighted by Crippen LogP contribution is -2.41. The van der Waals surface area contributed by atoms with Crippen molar-refractivity contribution in [3.8, 4) is 17.2 Å². The number of hydrogen-bond acceptors (Lipinski definition) is 4. The summed E-state index contributed by atoms with van der Waals surface area (Å²) in [6, 6.07) is 15.3. The van der Waals surface area contributed by atoms with Gasteiger partial charge in [-0.15, -0.1) is 0 Å². The van der Waals surface area contributed by atoms with Gasteiger partial charge in [0.1, 0.15) is 22.8 Å². The Balaban J connectivity index is 1.47. The van der Waals surface area contributed by atoms with E-state index in [-0.39, 0.29) is 17.6 Å². The van der Waals surface area contributed by atoms with Crippen LogP contribution >= 0.6 is 0 Å². The fraction of sp³-hybridized carbons (Fsp3) is 0.409. The lowest BCUT2D eigenvalue weighted by molar-refractivity contribution is -0.122. The number of benzene rings is 2. The van der Waals surface area contributed by atoms with Gasteiger partial charge in [0.05, 0.1) is 19.8 Å². The van der Waals surface area contributed by atoms with E-state index in [1.54, 1.807) is 7.11 Å². The van der Waals surface area contributed by atoms with E-state index in [1.807, 2.05) is 62.4 Å². The van der Waals surface area contributed by atoms with Crippen molar-refractivity contribution < 1.29 is 19.0 Å². The van der Waals surface area contributed by atoms with Crippen molar-refractivity contribution in [1.82, 2.24) is 5.32 Å². The van der Waals surface area contributed by atoms with E-state index in [2.05, 4.69) is 5.32 Å². The summed E-state index contributed by atoms with van der Waals surface area (Å²) >= 11 is 0. The average molecular weight is 369 g/mol. The smallest absolute Gasteiger partial charge is 0.220 e. The normalized spacial score (nSPS) is 17.4. The molecule has 1 aliphatic rings. The van der Waals surface area contributed by atoms with Crippen LogP contribution in [0.2, 0.25) is 0 Å². The number of hydrogen-bond donors (Lipinski definition) is 1. The molecule has 2 aromatic rings. The van der Waals surface area contributed by atoms with Gasteiger partial charge in [0.25, 0.3) is 0 Å². The second-order valence-corrected chi connectivity index (χ2v) is 7.35. The molecule has 1 heterocycles. The summed E-state index contributed by atoms with van der Waals surface area (Å²) in [5.74, 6) is 2.45. The monoisotopic (exact) mass is 369 g/mol. The molecule has 144 valence electrons. The third kappa shape index (κ3) is 5.16. The van der Waals surface area contributed by atoms with Crippen LogP contribution in [-0.2, 0) is 4.79 Å². The lowest BCUT2D eigenvalue weighted by atomic mass is 9.89. The first-order valence-corrected chi connectivity index (χ1v) is 9.31. The van der Waals surface area contributed by atoms with Crippen molar-refractivity contribution in [2.45, 2.75) is 44.8 Å². The van der Waals surface area contributed by atoms with Crippen molar-refractivity contribution in [3.05, 3.63) is 54.1 Å². The molecule has 1 aliphatic heterocycles. The minimum Gasteiger partial charge on any atom is -0.497 e. The van der Waals surface area contributed by atoms with Crippen LogP contribution in [-0.4, -0.2) is 25.2 Å². The molecular weight excluding hydrogens is 342 g/mol. The Labute approximate surface area is 160 Å². The SMILES string of the molecule is COc1ccc(OCCCC(=O)NC2CC(C)(C)Oc3ccccc32)cc1. The maximum Gasteiger partial charge on any atom is 0.220 e. The molecule has 0 saturated heterocycles. The number of nitrogens with one attached hydrogen (secondary N) is 1. The molecule has 2 aromatic carbocycles. The molecule has 1 atom stereocenters. The molecule has 0 aromatic heterocycles. The molecule has 1 amide bonds. The van der Waals surface area contributed by atoms with Crippen molar-refractivity contribution in [1.29, 1.82) is 0 Å². The quantitative estimate of drug-likeness (QED) is 0.741. The molecule has 3 rings (SSSR count). The molecule has 0 spiro atoms. The van der Waals surface area contributed by atoms with E-state index >= 15 is 0 Å². The predicted octanol–water partition coefficient (Wildman–Crippen LogP) is 4.27. The Morgan fingerprint density at radius 1 is 1.15 bits per heavy atom. The summed E-state index contributed by atoms with van der Waals surface area (Å²) in [4.78, 5) is 12.4. The average Bonchev–Trinajstić information content (AvgIpc) is 2.65. The van der Waals surface area contributed by atoms with Gasteiger partial charge >= 0.3 is 0 Å². The van der Waals surface area contributed by atoms with E-state index in [1.165, 1.54) is 0 Å². The summed E-state index contributed by atoms with van der Waals surface area (Å²) in [7, 11) is 1.63. The van der Waals surface area contributed by atoms with E-state index in [9.17, 15) is 4.79 Å². The molecule has 1 unspecified atom stereocenters. The topological polar surface area (TPSA) is 56.8 Å². The van der Waals surface area contributed by atoms with Crippen LogP contribution in [0.25, 0.3) is 0 Å². The fourth-order valence-electron chi connectivity index (χ4n) is 3.29. The first-order chi connectivity index (χ1) is 13.0. The van der Waals surface area contributed by atoms with E-state index < -0.39 is 0 Å². The molecule has 27 heavy (non-hydrogen) atoms. The van der Waals surface area contributed by atoms with Gasteiger partial charge < -0.3 is 19.5 Å². The summed E-state index contributed by atoms with van der Waals surface area (Å²) < 4.78 is 16.8. The number of carbonyl (C=O) groups excluding carboxylic acids is 1. The molecule has 0 aliphatic carbocycles. The van der Waals surface area contributed by atoms with Gasteiger partial charge in [-0.05, 0) is 50.6 Å². The van der Waals surface area contributed by atoms with Crippen molar-refractivity contribution in [2.24, 2.45) is 0 Å². The zero-order valence-corrected chi connectivity index (χ0v) is 16.2. The van der Waals surface area contributed by atoms with Crippen molar-refractivity contribution >= 4 is 5.91 Å². The second kappa shape index (κ2) is 8.33. The van der Waals surface area contributed by atoms with Crippen LogP contribution in [0.15, 0.2) is 48.5 Å². The first kappa shape index (κ1) is 19.1. The largest absolute Gasteiger partial charge is 0.497 e. The molecule has 5 heteroatoms. The number of methoxy groups -OCH3 is 1. The van der Waals surface area contributed by atoms with Gasteiger partial charge in [-0.25, -0.2) is 0 Å². The van der Waals surface area contributed by atoms with Crippen LogP contribution < -0.4 is 19.5 Å². The zero-order chi connectivity index (χ0) is 19.3. The van der Waals surface area contributed by atoms with Gasteiger partial charge in [0.15, 0.2) is 0 Å². The summed E-state index contributed by atoms with van der Waals surface area (Å²) in [5, 5.41) is 3.15. The highest BCUT2D eigenvalue weighted by Crippen LogP contribution is 2.39. The molecule has 0 bridgehead atoms. The number of amides is 1. The lowest BCUT2D eigenvalue weighted by Gasteiger charge is -2.37. The maximum absolute atomic E-state index is 12.4. The second-order valence-electron chi connectivity index (χ2n) is 7.35. The highest BCUT2D eigenvalue weighted by atomic mass is 16.5. The number of fused-ring (bicyclic) bond motifs is 1. The standard InChI is InChI=1S/C22H27NO4/c1-22(2)15-19(18-7-4-5-8-20(18)27-22)23-21(24)9-6-14-26-17-12-10-16(25-3)11-13-17/h4-5,7-8,10-13,19H,6,9,14-15H2,1-3H3,(H,23,24). The van der Waals surface area contributed by atoms with Gasteiger partial charge in [-0.2, -0.15) is 0 Å². The zero-order valence-electron chi connectivity index (χ0n) is 16.2. The number of para-hydroxylation sites is 1. The molecule has 0 radical (unpaired) electrons. The van der Waals surface area contributed by atoms with Gasteiger partial charge in [-0.1, -0.05) is 18.2 Å². The van der Waals surface area contributed by atoms with E-state index in [0.29, 0.717) is 19.4 Å². The highest BCUT2D eigenvalue weighted by Gasteiger charge is 2.34. The van der Waals surface area contributed by atoms with Crippen LogP contribution in [0.1, 0.15) is 44.7 Å². The van der Waals surface area contributed by atoms with Crippen LogP contribution in [0.5, 0.6) is 17.2 Å². The molecular formula is C22H27NO4. The van der Waals surface area contributed by atoms with Gasteiger partial charge in [0, 0.05) is 18.4 Å². The summed E-state index contributed by atoms with van der Waals surface area (Å²) in [6.45, 7) is 4.59. The summed E-state index contributed by atoms with van der Waals surface area (Å²) in [5.41, 5.74) is 0.740. The number of ether oxygens (including phenoxy) is 3. The minimum atomic E-state index is -0.302. The maximum atomic E-state index is 12.4. The number of carbonyl (C=O) groups is 1. The fourth-order valence-corrected chi connectivity index (χ4v) is 3.29. The minimum absolute atomic E-state index is 0.0278. The van der Waals surface area contributed by atoms with Crippen molar-refractivity contribution in [3.63, 3.8) is 0 Å². The first-order valence-electron chi connectivity index (χ1n) is 9.31. The number of rotatable bonds is 7. The van der Waals surface area contributed by atoms with Crippen molar-refractivity contribution in [2.75, 3.05) is 13.7 Å². The third-order valence-corrected chi connectivity index (χ3v) is 4.59. The Bertz CT molecular complexity index is 770. The Hall–Kier alpha value is -2.69. The van der Waals surface area contributed by atoms with E-state index in [0.717, 1.165) is 29.2 Å². The summed E-state index contributed by atoms with van der Waals surface area (Å²) in [6.07, 6.45) is 1.83. The molecule has 0 saturated carbocycles. The van der Waals surface area contributed by atoms with Gasteiger partial charge in [-0.3, -0.25) is 4.79 Å². The van der Waals surface area contributed by atoms with Gasteiger partial charge in [0.2, 0.25) is 5.91 Å². The Morgan fingerprint density at radius 2 is 1.85 bits per heavy atom. The molecule has 1 N–H and O–H groups in total. The Kier molecular flexibility index (Phi) is 5.89. The Morgan fingerprint density at radius 3 is 2.59 bits per heavy atom. The van der Waals surface area contributed by atoms with Crippen LogP contribution in [0.3, 0.4) is 0 Å². The molecule has 5 nitrogen and oxygen atoms in total. The molecule has 0 fully saturated rings. The van der Waals surface area contributed by atoms with Crippen LogP contribution in [0, 0.1) is 0 Å². The van der Waals surface area contributed by atoms with Crippen LogP contribution in [0.4, 0.5) is 0 Å². The predicted molar refractivity (Wildman–Crippen MR) is 104 cm³/mol. The highest BCUT2D eigenvalue weighted by molar-refractivity contribution is 5.76.